The normalized spacial score (nSPS) is 10.6. The molecule has 0 aliphatic heterocycles. The zero-order valence-corrected chi connectivity index (χ0v) is 12.1. The van der Waals surface area contributed by atoms with Crippen LogP contribution in [0.3, 0.4) is 0 Å². The van der Waals surface area contributed by atoms with Crippen molar-refractivity contribution in [3.05, 3.63) is 29.8 Å². The summed E-state index contributed by atoms with van der Waals surface area (Å²) in [5.41, 5.74) is 0.473. The van der Waals surface area contributed by atoms with E-state index in [9.17, 15) is 13.2 Å². The van der Waals surface area contributed by atoms with Crippen molar-refractivity contribution < 1.29 is 18.3 Å². The Hall–Kier alpha value is -1.88. The molecular weight excluding hydrogens is 280 g/mol. The van der Waals surface area contributed by atoms with Crippen LogP contribution in [0, 0.1) is 11.8 Å². The smallest absolute Gasteiger partial charge is 0.241 e. The number of aliphatic hydroxyl groups is 1. The molecule has 0 aliphatic carbocycles. The summed E-state index contributed by atoms with van der Waals surface area (Å²) in [5, 5.41) is 8.61. The van der Waals surface area contributed by atoms with Crippen LogP contribution in [0.5, 0.6) is 0 Å². The van der Waals surface area contributed by atoms with E-state index in [1.807, 2.05) is 0 Å². The first-order valence-corrected chi connectivity index (χ1v) is 7.25. The summed E-state index contributed by atoms with van der Waals surface area (Å²) in [6.45, 7) is -0.603. The lowest BCUT2D eigenvalue weighted by Gasteiger charge is -2.11. The van der Waals surface area contributed by atoms with Crippen molar-refractivity contribution in [2.75, 3.05) is 27.2 Å². The maximum atomic E-state index is 12.0. The van der Waals surface area contributed by atoms with E-state index in [1.165, 1.54) is 17.0 Å². The van der Waals surface area contributed by atoms with Crippen molar-refractivity contribution in [2.45, 2.75) is 4.90 Å². The van der Waals surface area contributed by atoms with Gasteiger partial charge in [0.05, 0.1) is 11.4 Å². The highest BCUT2D eigenvalue weighted by Gasteiger charge is 2.16. The number of carbonyl (C=O) groups excluding carboxylic acids is 1. The standard InChI is InChI=1S/C13H16N2O4S/c1-15(2)13(17)10-14-20(18,19)12-7-3-5-11(9-12)6-4-8-16/h3,5,7,9,14,16H,8,10H2,1-2H3. The number of aliphatic hydroxyl groups excluding tert-OH is 1. The predicted molar refractivity (Wildman–Crippen MR) is 74.3 cm³/mol. The van der Waals surface area contributed by atoms with Gasteiger partial charge < -0.3 is 10.0 Å². The van der Waals surface area contributed by atoms with Gasteiger partial charge in [0.2, 0.25) is 15.9 Å². The molecule has 1 amide bonds. The molecule has 1 rings (SSSR count). The second kappa shape index (κ2) is 7.05. The fraction of sp³-hybridized carbons (Fsp3) is 0.308. The van der Waals surface area contributed by atoms with Gasteiger partial charge in [0.15, 0.2) is 0 Å². The van der Waals surface area contributed by atoms with Crippen LogP contribution in [0.2, 0.25) is 0 Å². The van der Waals surface area contributed by atoms with E-state index in [0.29, 0.717) is 5.56 Å². The van der Waals surface area contributed by atoms with Crippen molar-refractivity contribution >= 4 is 15.9 Å². The third-order valence-electron chi connectivity index (χ3n) is 2.37. The van der Waals surface area contributed by atoms with E-state index in [-0.39, 0.29) is 24.0 Å². The summed E-state index contributed by atoms with van der Waals surface area (Å²) < 4.78 is 26.2. The van der Waals surface area contributed by atoms with Crippen molar-refractivity contribution in [3.63, 3.8) is 0 Å². The fourth-order valence-corrected chi connectivity index (χ4v) is 2.30. The number of carbonyl (C=O) groups is 1. The van der Waals surface area contributed by atoms with Crippen molar-refractivity contribution in [2.24, 2.45) is 0 Å². The van der Waals surface area contributed by atoms with Crippen LogP contribution in [-0.2, 0) is 14.8 Å². The molecule has 0 spiro atoms. The number of rotatable bonds is 4. The van der Waals surface area contributed by atoms with Crippen LogP contribution >= 0.6 is 0 Å². The molecule has 20 heavy (non-hydrogen) atoms. The molecule has 0 atom stereocenters. The highest BCUT2D eigenvalue weighted by molar-refractivity contribution is 7.89. The molecule has 0 unspecified atom stereocenters. The van der Waals surface area contributed by atoms with Crippen LogP contribution < -0.4 is 4.72 Å². The fourth-order valence-electron chi connectivity index (χ4n) is 1.28. The largest absolute Gasteiger partial charge is 0.384 e. The molecule has 2 N–H and O–H groups in total. The number of likely N-dealkylation sites (N-methyl/N-ethyl adjacent to an activating group) is 1. The molecule has 0 aliphatic rings. The molecule has 6 nitrogen and oxygen atoms in total. The van der Waals surface area contributed by atoms with Crippen LogP contribution in [0.4, 0.5) is 0 Å². The van der Waals surface area contributed by atoms with Gasteiger partial charge in [0.25, 0.3) is 0 Å². The Labute approximate surface area is 118 Å². The van der Waals surface area contributed by atoms with Gasteiger partial charge in [0, 0.05) is 19.7 Å². The second-order valence-corrected chi connectivity index (χ2v) is 5.87. The second-order valence-electron chi connectivity index (χ2n) is 4.10. The van der Waals surface area contributed by atoms with Gasteiger partial charge in [-0.25, -0.2) is 13.1 Å². The first kappa shape index (κ1) is 16.2. The zero-order valence-electron chi connectivity index (χ0n) is 11.3. The van der Waals surface area contributed by atoms with E-state index >= 15 is 0 Å². The van der Waals surface area contributed by atoms with Gasteiger partial charge in [-0.05, 0) is 18.2 Å². The summed E-state index contributed by atoms with van der Waals surface area (Å²) in [7, 11) is -0.677. The van der Waals surface area contributed by atoms with E-state index in [2.05, 4.69) is 16.6 Å². The number of sulfonamides is 1. The summed E-state index contributed by atoms with van der Waals surface area (Å²) in [4.78, 5) is 12.7. The number of amides is 1. The maximum Gasteiger partial charge on any atom is 0.241 e. The van der Waals surface area contributed by atoms with Crippen LogP contribution in [-0.4, -0.2) is 51.6 Å². The molecule has 1 aromatic rings. The van der Waals surface area contributed by atoms with Crippen molar-refractivity contribution in [1.82, 2.24) is 9.62 Å². The molecule has 7 heteroatoms. The minimum Gasteiger partial charge on any atom is -0.384 e. The molecule has 0 radical (unpaired) electrons. The summed E-state index contributed by atoms with van der Waals surface area (Å²) in [6, 6.07) is 5.97. The van der Waals surface area contributed by atoms with Gasteiger partial charge in [0.1, 0.15) is 6.61 Å². The van der Waals surface area contributed by atoms with Crippen LogP contribution in [0.1, 0.15) is 5.56 Å². The molecule has 108 valence electrons. The number of benzene rings is 1. The number of nitrogens with one attached hydrogen (secondary N) is 1. The lowest BCUT2D eigenvalue weighted by molar-refractivity contribution is -0.127. The quantitative estimate of drug-likeness (QED) is 0.726. The SMILES string of the molecule is CN(C)C(=O)CNS(=O)(=O)c1cccc(C#CCO)c1. The first-order chi connectivity index (χ1) is 9.36. The number of hydrogen-bond acceptors (Lipinski definition) is 4. The first-order valence-electron chi connectivity index (χ1n) is 5.76. The van der Waals surface area contributed by atoms with E-state index in [1.54, 1.807) is 26.2 Å². The average Bonchev–Trinajstić information content (AvgIpc) is 2.42. The topological polar surface area (TPSA) is 86.7 Å². The third kappa shape index (κ3) is 4.66. The minimum atomic E-state index is -3.76. The predicted octanol–water partition coefficient (Wildman–Crippen LogP) is -0.603. The summed E-state index contributed by atoms with van der Waals surface area (Å²) in [6.07, 6.45) is 0. The van der Waals surface area contributed by atoms with Gasteiger partial charge in [-0.15, -0.1) is 0 Å². The highest BCUT2D eigenvalue weighted by Crippen LogP contribution is 2.10. The molecule has 1 aromatic carbocycles. The van der Waals surface area contributed by atoms with Gasteiger partial charge >= 0.3 is 0 Å². The number of hydrogen-bond donors (Lipinski definition) is 2. The Morgan fingerprint density at radius 3 is 2.70 bits per heavy atom. The third-order valence-corrected chi connectivity index (χ3v) is 3.77. The Morgan fingerprint density at radius 1 is 1.40 bits per heavy atom. The molecule has 0 saturated heterocycles. The summed E-state index contributed by atoms with van der Waals surface area (Å²) in [5.74, 6) is 4.72. The lowest BCUT2D eigenvalue weighted by Crippen LogP contribution is -2.36. The van der Waals surface area contributed by atoms with Crippen LogP contribution in [0.25, 0.3) is 0 Å². The lowest BCUT2D eigenvalue weighted by atomic mass is 10.2. The summed E-state index contributed by atoms with van der Waals surface area (Å²) >= 11 is 0. The Balaban J connectivity index is 2.90. The molecule has 0 bridgehead atoms. The maximum absolute atomic E-state index is 12.0. The number of nitrogens with zero attached hydrogens (tertiary/aromatic N) is 1. The Bertz CT molecular complexity index is 642. The Kier molecular flexibility index (Phi) is 5.70. The molecule has 0 heterocycles. The monoisotopic (exact) mass is 296 g/mol. The average molecular weight is 296 g/mol. The highest BCUT2D eigenvalue weighted by atomic mass is 32.2. The van der Waals surface area contributed by atoms with Gasteiger partial charge in [-0.1, -0.05) is 17.9 Å². The van der Waals surface area contributed by atoms with E-state index in [4.69, 9.17) is 5.11 Å². The van der Waals surface area contributed by atoms with Gasteiger partial charge in [-0.2, -0.15) is 0 Å². The molecule has 0 fully saturated rings. The molecule has 0 aromatic heterocycles. The van der Waals surface area contributed by atoms with Crippen molar-refractivity contribution in [3.8, 4) is 11.8 Å². The van der Waals surface area contributed by atoms with Gasteiger partial charge in [-0.3, -0.25) is 4.79 Å². The van der Waals surface area contributed by atoms with E-state index in [0.717, 1.165) is 0 Å². The van der Waals surface area contributed by atoms with Crippen LogP contribution in [0.15, 0.2) is 29.2 Å². The Morgan fingerprint density at radius 2 is 2.10 bits per heavy atom. The van der Waals surface area contributed by atoms with Crippen molar-refractivity contribution in [1.29, 1.82) is 0 Å². The minimum absolute atomic E-state index is 0.0220. The molecular formula is C13H16N2O4S. The molecule has 0 saturated carbocycles. The zero-order chi connectivity index (χ0) is 15.2. The van der Waals surface area contributed by atoms with E-state index < -0.39 is 10.0 Å².